The molecule has 14 heavy (non-hydrogen) atoms. The zero-order valence-electron chi connectivity index (χ0n) is 7.68. The number of aromatic nitrogens is 3. The molecule has 2 aromatic rings. The van der Waals surface area contributed by atoms with E-state index in [1.807, 2.05) is 0 Å². The van der Waals surface area contributed by atoms with Crippen LogP contribution in [0.2, 0.25) is 0 Å². The number of rotatable bonds is 1. The first kappa shape index (κ1) is 8.55. The number of phenols is 1. The Morgan fingerprint density at radius 3 is 2.43 bits per heavy atom. The van der Waals surface area contributed by atoms with Gasteiger partial charge in [0.05, 0.1) is 0 Å². The topological polar surface area (TPSA) is 77.0 Å². The zero-order chi connectivity index (χ0) is 10.1. The smallest absolute Gasteiger partial charge is 0.240 e. The molecular formula is C9H10N4O. The van der Waals surface area contributed by atoms with E-state index in [0.717, 1.165) is 5.56 Å². The maximum absolute atomic E-state index is 9.11. The monoisotopic (exact) mass is 190 g/mol. The fourth-order valence-corrected chi connectivity index (χ4v) is 1.27. The van der Waals surface area contributed by atoms with Gasteiger partial charge < -0.3 is 10.8 Å². The summed E-state index contributed by atoms with van der Waals surface area (Å²) in [5.41, 5.74) is 6.32. The predicted molar refractivity (Wildman–Crippen MR) is 52.5 cm³/mol. The Bertz CT molecular complexity index is 446. The summed E-state index contributed by atoms with van der Waals surface area (Å²) in [6.07, 6.45) is 0. The second-order valence-corrected chi connectivity index (χ2v) is 2.96. The molecular weight excluding hydrogens is 180 g/mol. The van der Waals surface area contributed by atoms with Crippen molar-refractivity contribution in [3.63, 3.8) is 0 Å². The summed E-state index contributed by atoms with van der Waals surface area (Å²) in [7, 11) is 1.77. The van der Waals surface area contributed by atoms with Crippen LogP contribution in [0.4, 0.5) is 5.95 Å². The number of hydrogen-bond donors (Lipinski definition) is 2. The highest BCUT2D eigenvalue weighted by Gasteiger charge is 2.06. The lowest BCUT2D eigenvalue weighted by Crippen LogP contribution is -1.94. The van der Waals surface area contributed by atoms with Crippen molar-refractivity contribution in [1.29, 1.82) is 0 Å². The molecule has 0 spiro atoms. The van der Waals surface area contributed by atoms with Crippen LogP contribution in [0.3, 0.4) is 0 Å². The number of nitrogens with zero attached hydrogens (tertiary/aromatic N) is 3. The summed E-state index contributed by atoms with van der Waals surface area (Å²) in [4.78, 5) is 4.06. The number of aryl methyl sites for hydroxylation is 1. The molecule has 3 N–H and O–H groups in total. The zero-order valence-corrected chi connectivity index (χ0v) is 7.68. The van der Waals surface area contributed by atoms with Gasteiger partial charge in [-0.15, -0.1) is 5.10 Å². The van der Waals surface area contributed by atoms with E-state index in [4.69, 9.17) is 10.8 Å². The van der Waals surface area contributed by atoms with E-state index in [0.29, 0.717) is 5.82 Å². The third-order valence-corrected chi connectivity index (χ3v) is 1.90. The molecule has 2 rings (SSSR count). The minimum Gasteiger partial charge on any atom is -0.508 e. The Morgan fingerprint density at radius 2 is 1.93 bits per heavy atom. The van der Waals surface area contributed by atoms with Crippen molar-refractivity contribution < 1.29 is 5.11 Å². The first-order valence-electron chi connectivity index (χ1n) is 4.13. The van der Waals surface area contributed by atoms with Crippen LogP contribution in [0.25, 0.3) is 11.4 Å². The standard InChI is InChI=1S/C9H10N4O/c1-13-8(11-9(10)12-13)6-2-4-7(14)5-3-6/h2-5,14H,1H3,(H2,10,12). The van der Waals surface area contributed by atoms with Gasteiger partial charge in [-0.05, 0) is 24.3 Å². The average Bonchev–Trinajstić information content (AvgIpc) is 2.47. The van der Waals surface area contributed by atoms with Gasteiger partial charge in [-0.25, -0.2) is 4.68 Å². The van der Waals surface area contributed by atoms with Crippen molar-refractivity contribution in [1.82, 2.24) is 14.8 Å². The van der Waals surface area contributed by atoms with Crippen LogP contribution in [0.1, 0.15) is 0 Å². The fraction of sp³-hybridized carbons (Fsp3) is 0.111. The molecule has 5 heteroatoms. The van der Waals surface area contributed by atoms with Crippen LogP contribution in [0.5, 0.6) is 5.75 Å². The first-order valence-corrected chi connectivity index (χ1v) is 4.13. The molecule has 0 saturated heterocycles. The predicted octanol–water partition coefficient (Wildman–Crippen LogP) is 0.770. The summed E-state index contributed by atoms with van der Waals surface area (Å²) in [5, 5.41) is 13.0. The van der Waals surface area contributed by atoms with Crippen molar-refractivity contribution in [3.8, 4) is 17.1 Å². The van der Waals surface area contributed by atoms with Gasteiger partial charge in [0, 0.05) is 12.6 Å². The van der Waals surface area contributed by atoms with Gasteiger partial charge in [-0.3, -0.25) is 0 Å². The van der Waals surface area contributed by atoms with Gasteiger partial charge in [-0.2, -0.15) is 4.98 Å². The number of hydrogen-bond acceptors (Lipinski definition) is 4. The maximum atomic E-state index is 9.11. The molecule has 0 unspecified atom stereocenters. The van der Waals surface area contributed by atoms with Crippen molar-refractivity contribution in [2.45, 2.75) is 0 Å². The van der Waals surface area contributed by atoms with Gasteiger partial charge in [0.2, 0.25) is 5.95 Å². The van der Waals surface area contributed by atoms with Crippen LogP contribution in [0, 0.1) is 0 Å². The Kier molecular flexibility index (Phi) is 1.85. The molecule has 0 aliphatic carbocycles. The molecule has 1 heterocycles. The van der Waals surface area contributed by atoms with Crippen molar-refractivity contribution in [2.75, 3.05) is 5.73 Å². The van der Waals surface area contributed by atoms with Gasteiger partial charge in [0.25, 0.3) is 0 Å². The molecule has 1 aromatic heterocycles. The SMILES string of the molecule is Cn1nc(N)nc1-c1ccc(O)cc1. The summed E-state index contributed by atoms with van der Waals surface area (Å²) in [6, 6.07) is 6.72. The molecule has 0 radical (unpaired) electrons. The first-order chi connectivity index (χ1) is 6.66. The highest BCUT2D eigenvalue weighted by Crippen LogP contribution is 2.19. The van der Waals surface area contributed by atoms with E-state index >= 15 is 0 Å². The van der Waals surface area contributed by atoms with Crippen molar-refractivity contribution >= 4 is 5.95 Å². The van der Waals surface area contributed by atoms with E-state index < -0.39 is 0 Å². The van der Waals surface area contributed by atoms with Crippen LogP contribution >= 0.6 is 0 Å². The van der Waals surface area contributed by atoms with E-state index in [2.05, 4.69) is 10.1 Å². The lowest BCUT2D eigenvalue weighted by molar-refractivity contribution is 0.475. The summed E-state index contributed by atoms with van der Waals surface area (Å²) < 4.78 is 1.60. The van der Waals surface area contributed by atoms with Gasteiger partial charge in [0.15, 0.2) is 5.82 Å². The highest BCUT2D eigenvalue weighted by atomic mass is 16.3. The minimum absolute atomic E-state index is 0.226. The van der Waals surface area contributed by atoms with Crippen LogP contribution in [0.15, 0.2) is 24.3 Å². The van der Waals surface area contributed by atoms with Crippen molar-refractivity contribution in [2.24, 2.45) is 7.05 Å². The summed E-state index contributed by atoms with van der Waals surface area (Å²) in [6.45, 7) is 0. The average molecular weight is 190 g/mol. The Balaban J connectivity index is 2.49. The number of phenolic OH excluding ortho intramolecular Hbond substituents is 1. The van der Waals surface area contributed by atoms with Crippen LogP contribution < -0.4 is 5.73 Å². The minimum atomic E-state index is 0.226. The lowest BCUT2D eigenvalue weighted by Gasteiger charge is -1.99. The molecule has 0 aliphatic rings. The van der Waals surface area contributed by atoms with E-state index in [9.17, 15) is 0 Å². The Morgan fingerprint density at radius 1 is 1.29 bits per heavy atom. The molecule has 0 atom stereocenters. The second-order valence-electron chi connectivity index (χ2n) is 2.96. The van der Waals surface area contributed by atoms with Crippen LogP contribution in [-0.2, 0) is 7.05 Å². The number of anilines is 1. The second kappa shape index (κ2) is 3.02. The van der Waals surface area contributed by atoms with Crippen LogP contribution in [-0.4, -0.2) is 19.9 Å². The van der Waals surface area contributed by atoms with Gasteiger partial charge in [0.1, 0.15) is 5.75 Å². The normalized spacial score (nSPS) is 10.4. The summed E-state index contributed by atoms with van der Waals surface area (Å²) >= 11 is 0. The molecule has 0 bridgehead atoms. The Labute approximate surface area is 80.8 Å². The maximum Gasteiger partial charge on any atom is 0.240 e. The van der Waals surface area contributed by atoms with Gasteiger partial charge >= 0.3 is 0 Å². The number of aromatic hydroxyl groups is 1. The summed E-state index contributed by atoms with van der Waals surface area (Å²) in [5.74, 6) is 1.15. The third kappa shape index (κ3) is 1.39. The highest BCUT2D eigenvalue weighted by molar-refractivity contribution is 5.57. The van der Waals surface area contributed by atoms with Crippen molar-refractivity contribution in [3.05, 3.63) is 24.3 Å². The molecule has 0 fully saturated rings. The third-order valence-electron chi connectivity index (χ3n) is 1.90. The number of nitrogens with two attached hydrogens (primary N) is 1. The molecule has 5 nitrogen and oxygen atoms in total. The molecule has 72 valence electrons. The quantitative estimate of drug-likeness (QED) is 0.696. The largest absolute Gasteiger partial charge is 0.508 e. The molecule has 0 aliphatic heterocycles. The lowest BCUT2D eigenvalue weighted by atomic mass is 10.2. The van der Waals surface area contributed by atoms with Gasteiger partial charge in [-0.1, -0.05) is 0 Å². The Hall–Kier alpha value is -2.04. The fourth-order valence-electron chi connectivity index (χ4n) is 1.27. The number of nitrogen functional groups attached to an aromatic ring is 1. The van der Waals surface area contributed by atoms with E-state index in [-0.39, 0.29) is 11.7 Å². The number of benzene rings is 1. The molecule has 1 aromatic carbocycles. The molecule has 0 amide bonds. The molecule has 0 saturated carbocycles. The van der Waals surface area contributed by atoms with E-state index in [1.165, 1.54) is 0 Å². The van der Waals surface area contributed by atoms with E-state index in [1.54, 1.807) is 36.0 Å².